The molecule has 0 spiro atoms. The molecule has 0 aromatic carbocycles. The lowest BCUT2D eigenvalue weighted by atomic mass is 9.71. The van der Waals surface area contributed by atoms with Gasteiger partial charge in [-0.2, -0.15) is 0 Å². The van der Waals surface area contributed by atoms with Crippen LogP contribution >= 0.6 is 0 Å². The summed E-state index contributed by atoms with van der Waals surface area (Å²) in [5.74, 6) is 2.18. The van der Waals surface area contributed by atoms with E-state index < -0.39 is 0 Å². The molecule has 6 nitrogen and oxygen atoms in total. The van der Waals surface area contributed by atoms with Crippen LogP contribution in [-0.2, 0) is 11.3 Å². The lowest BCUT2D eigenvalue weighted by molar-refractivity contribution is -0.153. The number of carbonyl (C=O) groups is 1. The molecular formula is C20H30N4O2. The van der Waals surface area contributed by atoms with E-state index in [0.29, 0.717) is 35.7 Å². The number of aryl methyl sites for hydroxylation is 1. The van der Waals surface area contributed by atoms with Crippen molar-refractivity contribution in [3.8, 4) is 0 Å². The Morgan fingerprint density at radius 1 is 1.27 bits per heavy atom. The molecule has 26 heavy (non-hydrogen) atoms. The van der Waals surface area contributed by atoms with Gasteiger partial charge in [-0.25, -0.2) is 4.98 Å². The summed E-state index contributed by atoms with van der Waals surface area (Å²) in [6.45, 7) is 6.80. The van der Waals surface area contributed by atoms with E-state index >= 15 is 0 Å². The number of fused-ring (bicyclic) bond motifs is 4. The molecule has 4 rings (SSSR count). The Kier molecular flexibility index (Phi) is 4.86. The van der Waals surface area contributed by atoms with E-state index in [1.165, 1.54) is 6.42 Å². The zero-order valence-electron chi connectivity index (χ0n) is 15.9. The van der Waals surface area contributed by atoms with Crippen molar-refractivity contribution >= 4 is 5.91 Å². The van der Waals surface area contributed by atoms with Crippen molar-refractivity contribution in [1.82, 2.24) is 19.8 Å². The molecule has 1 aromatic heterocycles. The molecule has 0 aliphatic carbocycles. The largest absolute Gasteiger partial charge is 0.336 e. The van der Waals surface area contributed by atoms with Gasteiger partial charge in [0, 0.05) is 44.2 Å². The summed E-state index contributed by atoms with van der Waals surface area (Å²) in [7, 11) is 0. The first kappa shape index (κ1) is 17.7. The summed E-state index contributed by atoms with van der Waals surface area (Å²) in [4.78, 5) is 36.4. The topological polar surface area (TPSA) is 69.3 Å². The molecule has 0 saturated carbocycles. The van der Waals surface area contributed by atoms with Crippen molar-refractivity contribution in [2.24, 2.45) is 11.8 Å². The van der Waals surface area contributed by atoms with Crippen molar-refractivity contribution in [1.29, 1.82) is 0 Å². The zero-order chi connectivity index (χ0) is 18.3. The SMILES string of the molecule is CCC[C@H]1[C@H]2C[C@H](CN(Cc3cc(=O)[nH]c(C)n3)C2)[C@@H]2CCCC(=O)N21. The molecule has 6 heteroatoms. The number of hydrogen-bond donors (Lipinski definition) is 1. The molecule has 1 amide bonds. The van der Waals surface area contributed by atoms with Gasteiger partial charge in [0.2, 0.25) is 5.91 Å². The van der Waals surface area contributed by atoms with E-state index in [9.17, 15) is 9.59 Å². The van der Waals surface area contributed by atoms with Crippen molar-refractivity contribution < 1.29 is 4.79 Å². The maximum absolute atomic E-state index is 12.7. The van der Waals surface area contributed by atoms with Gasteiger partial charge in [0.05, 0.1) is 5.69 Å². The molecule has 3 fully saturated rings. The monoisotopic (exact) mass is 358 g/mol. The highest BCUT2D eigenvalue weighted by Crippen LogP contribution is 2.43. The normalized spacial score (nSPS) is 31.8. The molecule has 4 atom stereocenters. The van der Waals surface area contributed by atoms with Gasteiger partial charge in [-0.15, -0.1) is 0 Å². The summed E-state index contributed by atoms with van der Waals surface area (Å²) in [6, 6.07) is 2.43. The minimum Gasteiger partial charge on any atom is -0.336 e. The summed E-state index contributed by atoms with van der Waals surface area (Å²) in [5.41, 5.74) is 0.785. The predicted octanol–water partition coefficient (Wildman–Crippen LogP) is 2.08. The highest BCUT2D eigenvalue weighted by atomic mass is 16.2. The maximum atomic E-state index is 12.7. The molecule has 0 radical (unpaired) electrons. The minimum absolute atomic E-state index is 0.0717. The quantitative estimate of drug-likeness (QED) is 0.895. The maximum Gasteiger partial charge on any atom is 0.251 e. The van der Waals surface area contributed by atoms with E-state index in [0.717, 1.165) is 57.4 Å². The number of piperidine rings is 3. The van der Waals surface area contributed by atoms with Gasteiger partial charge >= 0.3 is 0 Å². The molecule has 3 aliphatic heterocycles. The second-order valence-electron chi connectivity index (χ2n) is 8.39. The van der Waals surface area contributed by atoms with Gasteiger partial charge in [0.1, 0.15) is 5.82 Å². The second-order valence-corrected chi connectivity index (χ2v) is 8.39. The molecule has 3 saturated heterocycles. The van der Waals surface area contributed by atoms with Crippen LogP contribution in [0, 0.1) is 18.8 Å². The van der Waals surface area contributed by atoms with Crippen molar-refractivity contribution in [3.05, 3.63) is 27.9 Å². The predicted molar refractivity (Wildman–Crippen MR) is 99.6 cm³/mol. The lowest BCUT2D eigenvalue weighted by Gasteiger charge is -2.56. The first-order valence-electron chi connectivity index (χ1n) is 10.2. The van der Waals surface area contributed by atoms with Crippen molar-refractivity contribution in [2.45, 2.75) is 71.0 Å². The summed E-state index contributed by atoms with van der Waals surface area (Å²) >= 11 is 0. The van der Waals surface area contributed by atoms with E-state index in [4.69, 9.17) is 0 Å². The van der Waals surface area contributed by atoms with Crippen LogP contribution in [0.25, 0.3) is 0 Å². The first-order valence-corrected chi connectivity index (χ1v) is 10.2. The summed E-state index contributed by atoms with van der Waals surface area (Å²) in [6.07, 6.45) is 6.40. The average molecular weight is 358 g/mol. The Balaban J connectivity index is 1.55. The van der Waals surface area contributed by atoms with Crippen molar-refractivity contribution in [3.63, 3.8) is 0 Å². The molecule has 0 unspecified atom stereocenters. The summed E-state index contributed by atoms with van der Waals surface area (Å²) in [5, 5.41) is 0. The number of rotatable bonds is 4. The van der Waals surface area contributed by atoms with Crippen LogP contribution in [0.15, 0.2) is 10.9 Å². The Labute approximate surface area is 155 Å². The standard InChI is InChI=1S/C20H30N4O2/c1-3-5-17-14-8-15(18-6-4-7-20(26)24(17)18)11-23(10-14)12-16-9-19(25)22-13(2)21-16/h9,14-15,17-18H,3-8,10-12H2,1-2H3,(H,21,22,25)/t14-,15+,17-,18-/m0/s1. The number of likely N-dealkylation sites (tertiary alicyclic amines) is 1. The number of H-pyrrole nitrogens is 1. The number of nitrogens with one attached hydrogen (secondary N) is 1. The van der Waals surface area contributed by atoms with Gasteiger partial charge in [0.25, 0.3) is 5.56 Å². The molecule has 1 N–H and O–H groups in total. The van der Waals surface area contributed by atoms with Gasteiger partial charge in [-0.05, 0) is 44.4 Å². The second kappa shape index (κ2) is 7.14. The number of hydrogen-bond acceptors (Lipinski definition) is 4. The van der Waals surface area contributed by atoms with Crippen LogP contribution in [0.5, 0.6) is 0 Å². The average Bonchev–Trinajstić information content (AvgIpc) is 2.58. The number of nitrogens with zero attached hydrogens (tertiary/aromatic N) is 3. The number of aromatic amines is 1. The van der Waals surface area contributed by atoms with Crippen LogP contribution in [0.4, 0.5) is 0 Å². The van der Waals surface area contributed by atoms with Crippen LogP contribution in [-0.4, -0.2) is 50.8 Å². The smallest absolute Gasteiger partial charge is 0.251 e. The fraction of sp³-hybridized carbons (Fsp3) is 0.750. The van der Waals surface area contributed by atoms with E-state index in [1.54, 1.807) is 6.07 Å². The van der Waals surface area contributed by atoms with Gasteiger partial charge < -0.3 is 9.88 Å². The molecular weight excluding hydrogens is 328 g/mol. The number of aromatic nitrogens is 2. The Bertz CT molecular complexity index is 731. The van der Waals surface area contributed by atoms with Crippen LogP contribution in [0.2, 0.25) is 0 Å². The fourth-order valence-corrected chi connectivity index (χ4v) is 5.62. The van der Waals surface area contributed by atoms with E-state index in [2.05, 4.69) is 26.7 Å². The highest BCUT2D eigenvalue weighted by molar-refractivity contribution is 5.78. The minimum atomic E-state index is -0.0717. The lowest BCUT2D eigenvalue weighted by Crippen LogP contribution is -2.64. The first-order chi connectivity index (χ1) is 12.5. The Morgan fingerprint density at radius 2 is 2.08 bits per heavy atom. The van der Waals surface area contributed by atoms with Crippen LogP contribution in [0.1, 0.15) is 57.0 Å². The number of amides is 1. The molecule has 1 aromatic rings. The van der Waals surface area contributed by atoms with Gasteiger partial charge in [-0.1, -0.05) is 13.3 Å². The fourth-order valence-electron chi connectivity index (χ4n) is 5.62. The Hall–Kier alpha value is -1.69. The zero-order valence-corrected chi connectivity index (χ0v) is 15.9. The van der Waals surface area contributed by atoms with Crippen LogP contribution < -0.4 is 5.56 Å². The third-order valence-electron chi connectivity index (χ3n) is 6.46. The third-order valence-corrected chi connectivity index (χ3v) is 6.46. The molecule has 4 heterocycles. The van der Waals surface area contributed by atoms with Crippen molar-refractivity contribution in [2.75, 3.05) is 13.1 Å². The molecule has 3 aliphatic rings. The van der Waals surface area contributed by atoms with E-state index in [1.807, 2.05) is 6.92 Å². The van der Waals surface area contributed by atoms with Gasteiger partial charge in [0.15, 0.2) is 0 Å². The van der Waals surface area contributed by atoms with E-state index in [-0.39, 0.29) is 5.56 Å². The number of carbonyl (C=O) groups excluding carboxylic acids is 1. The van der Waals surface area contributed by atoms with Crippen LogP contribution in [0.3, 0.4) is 0 Å². The molecule has 2 bridgehead atoms. The third kappa shape index (κ3) is 3.31. The highest BCUT2D eigenvalue weighted by Gasteiger charge is 2.48. The Morgan fingerprint density at radius 3 is 2.85 bits per heavy atom. The van der Waals surface area contributed by atoms with Gasteiger partial charge in [-0.3, -0.25) is 14.5 Å². The molecule has 142 valence electrons. The summed E-state index contributed by atoms with van der Waals surface area (Å²) < 4.78 is 0.